The molecule has 1 aliphatic heterocycles. The summed E-state index contributed by atoms with van der Waals surface area (Å²) in [6, 6.07) is 12.1. The monoisotopic (exact) mass is 381 g/mol. The van der Waals surface area contributed by atoms with E-state index in [1.165, 1.54) is 0 Å². The number of rotatable bonds is 5. The average molecular weight is 381 g/mol. The standard InChI is InChI=1S/C21H23N3O4/c1-3-4-19-22-23-20(28-19)21(25)24-9-10-27-18(13-24)16-6-5-15-12-17(26-2)8-7-14(15)11-16/h5-8,11-12,18H,3-4,9-10,13H2,1-2H3. The fourth-order valence-electron chi connectivity index (χ4n) is 3.40. The highest BCUT2D eigenvalue weighted by atomic mass is 16.5. The van der Waals surface area contributed by atoms with E-state index in [0.29, 0.717) is 32.0 Å². The van der Waals surface area contributed by atoms with Crippen LogP contribution in [0.25, 0.3) is 10.8 Å². The first-order valence-electron chi connectivity index (χ1n) is 9.49. The molecule has 0 aliphatic carbocycles. The maximum atomic E-state index is 12.7. The first-order chi connectivity index (χ1) is 13.7. The minimum Gasteiger partial charge on any atom is -0.497 e. The first kappa shape index (κ1) is 18.4. The Kier molecular flexibility index (Phi) is 5.25. The number of aromatic nitrogens is 2. The van der Waals surface area contributed by atoms with Crippen molar-refractivity contribution in [2.75, 3.05) is 26.8 Å². The third kappa shape index (κ3) is 3.71. The molecule has 1 aliphatic rings. The van der Waals surface area contributed by atoms with Crippen molar-refractivity contribution < 1.29 is 18.7 Å². The summed E-state index contributed by atoms with van der Waals surface area (Å²) in [5.74, 6) is 1.14. The molecule has 0 radical (unpaired) electrons. The van der Waals surface area contributed by atoms with E-state index in [2.05, 4.69) is 16.3 Å². The molecule has 7 heteroatoms. The van der Waals surface area contributed by atoms with Crippen LogP contribution in [-0.2, 0) is 11.2 Å². The molecule has 1 unspecified atom stereocenters. The van der Waals surface area contributed by atoms with Crippen LogP contribution in [0.3, 0.4) is 0 Å². The number of aryl methyl sites for hydroxylation is 1. The normalized spacial score (nSPS) is 17.1. The zero-order valence-electron chi connectivity index (χ0n) is 16.1. The highest BCUT2D eigenvalue weighted by Gasteiger charge is 2.29. The van der Waals surface area contributed by atoms with Crippen LogP contribution in [-0.4, -0.2) is 47.8 Å². The lowest BCUT2D eigenvalue weighted by Gasteiger charge is -2.32. The van der Waals surface area contributed by atoms with Crippen molar-refractivity contribution in [2.45, 2.75) is 25.9 Å². The lowest BCUT2D eigenvalue weighted by atomic mass is 10.0. The van der Waals surface area contributed by atoms with Crippen molar-refractivity contribution in [2.24, 2.45) is 0 Å². The van der Waals surface area contributed by atoms with E-state index in [9.17, 15) is 4.79 Å². The lowest BCUT2D eigenvalue weighted by Crippen LogP contribution is -2.42. The summed E-state index contributed by atoms with van der Waals surface area (Å²) in [5, 5.41) is 10.0. The van der Waals surface area contributed by atoms with Gasteiger partial charge in [-0.15, -0.1) is 10.2 Å². The summed E-state index contributed by atoms with van der Waals surface area (Å²) in [7, 11) is 1.66. The second kappa shape index (κ2) is 7.98. The molecular weight excluding hydrogens is 358 g/mol. The van der Waals surface area contributed by atoms with Gasteiger partial charge in [0.2, 0.25) is 5.89 Å². The van der Waals surface area contributed by atoms with Gasteiger partial charge in [-0.2, -0.15) is 0 Å². The fraction of sp³-hybridized carbons (Fsp3) is 0.381. The number of carbonyl (C=O) groups excluding carboxylic acids is 1. The van der Waals surface area contributed by atoms with Crippen LogP contribution < -0.4 is 4.74 Å². The summed E-state index contributed by atoms with van der Waals surface area (Å²) >= 11 is 0. The molecule has 1 fully saturated rings. The summed E-state index contributed by atoms with van der Waals surface area (Å²) in [5.41, 5.74) is 1.03. The van der Waals surface area contributed by atoms with E-state index < -0.39 is 0 Å². The smallest absolute Gasteiger partial charge is 0.311 e. The molecule has 0 bridgehead atoms. The third-order valence-corrected chi connectivity index (χ3v) is 4.91. The van der Waals surface area contributed by atoms with Crippen LogP contribution in [0, 0.1) is 0 Å². The molecule has 1 aromatic heterocycles. The number of morpholine rings is 1. The second-order valence-corrected chi connectivity index (χ2v) is 6.83. The number of benzene rings is 2. The number of fused-ring (bicyclic) bond motifs is 1. The van der Waals surface area contributed by atoms with Gasteiger partial charge >= 0.3 is 11.8 Å². The van der Waals surface area contributed by atoms with Crippen molar-refractivity contribution in [3.05, 3.63) is 53.7 Å². The van der Waals surface area contributed by atoms with Crippen molar-refractivity contribution in [3.63, 3.8) is 0 Å². The van der Waals surface area contributed by atoms with Gasteiger partial charge in [-0.1, -0.05) is 25.1 Å². The molecule has 1 saturated heterocycles. The summed E-state index contributed by atoms with van der Waals surface area (Å²) in [4.78, 5) is 14.5. The molecule has 0 saturated carbocycles. The van der Waals surface area contributed by atoms with Gasteiger partial charge in [0.25, 0.3) is 0 Å². The molecule has 28 heavy (non-hydrogen) atoms. The van der Waals surface area contributed by atoms with Gasteiger partial charge in [0.15, 0.2) is 0 Å². The van der Waals surface area contributed by atoms with Crippen LogP contribution in [0.1, 0.15) is 41.6 Å². The van der Waals surface area contributed by atoms with Crippen molar-refractivity contribution >= 4 is 16.7 Å². The SMILES string of the molecule is CCCc1nnc(C(=O)N2CCOC(c3ccc4cc(OC)ccc4c3)C2)o1. The Labute approximate surface area is 163 Å². The highest BCUT2D eigenvalue weighted by Crippen LogP contribution is 2.28. The van der Waals surface area contributed by atoms with Gasteiger partial charge in [-0.3, -0.25) is 4.79 Å². The Hall–Kier alpha value is -2.93. The van der Waals surface area contributed by atoms with E-state index in [4.69, 9.17) is 13.9 Å². The number of amides is 1. The second-order valence-electron chi connectivity index (χ2n) is 6.83. The Morgan fingerprint density at radius 3 is 2.86 bits per heavy atom. The molecule has 1 amide bonds. The maximum absolute atomic E-state index is 12.7. The lowest BCUT2D eigenvalue weighted by molar-refractivity contribution is -0.0240. The van der Waals surface area contributed by atoms with E-state index in [1.807, 2.05) is 37.3 Å². The topological polar surface area (TPSA) is 77.7 Å². The van der Waals surface area contributed by atoms with Gasteiger partial charge in [-0.25, -0.2) is 0 Å². The number of ether oxygens (including phenoxy) is 2. The predicted molar refractivity (Wildman–Crippen MR) is 103 cm³/mol. The zero-order chi connectivity index (χ0) is 19.5. The van der Waals surface area contributed by atoms with Crippen LogP contribution >= 0.6 is 0 Å². The van der Waals surface area contributed by atoms with Gasteiger partial charge in [0, 0.05) is 13.0 Å². The summed E-state index contributed by atoms with van der Waals surface area (Å²) in [6.45, 7) is 3.45. The van der Waals surface area contributed by atoms with Crippen LogP contribution in [0.2, 0.25) is 0 Å². The molecular formula is C21H23N3O4. The quantitative estimate of drug-likeness (QED) is 0.674. The Bertz CT molecular complexity index is 985. The molecule has 4 rings (SSSR count). The van der Waals surface area contributed by atoms with E-state index in [-0.39, 0.29) is 17.9 Å². The van der Waals surface area contributed by atoms with E-state index in [0.717, 1.165) is 28.5 Å². The number of methoxy groups -OCH3 is 1. The molecule has 2 aromatic carbocycles. The van der Waals surface area contributed by atoms with Gasteiger partial charge in [-0.05, 0) is 41.0 Å². The maximum Gasteiger partial charge on any atom is 0.311 e. The minimum atomic E-state index is -0.242. The fourth-order valence-corrected chi connectivity index (χ4v) is 3.40. The van der Waals surface area contributed by atoms with Gasteiger partial charge in [0.05, 0.1) is 20.3 Å². The Balaban J connectivity index is 1.51. The predicted octanol–water partition coefficient (Wildman–Crippen LogP) is 3.40. The number of carbonyl (C=O) groups is 1. The van der Waals surface area contributed by atoms with E-state index >= 15 is 0 Å². The zero-order valence-corrected chi connectivity index (χ0v) is 16.1. The highest BCUT2D eigenvalue weighted by molar-refractivity contribution is 5.89. The number of hydrogen-bond donors (Lipinski definition) is 0. The largest absolute Gasteiger partial charge is 0.497 e. The average Bonchev–Trinajstić information content (AvgIpc) is 3.21. The van der Waals surface area contributed by atoms with E-state index in [1.54, 1.807) is 12.0 Å². The van der Waals surface area contributed by atoms with Crippen molar-refractivity contribution in [3.8, 4) is 5.75 Å². The molecule has 0 N–H and O–H groups in total. The molecule has 0 spiro atoms. The van der Waals surface area contributed by atoms with Crippen LogP contribution in [0.5, 0.6) is 5.75 Å². The van der Waals surface area contributed by atoms with Crippen molar-refractivity contribution in [1.29, 1.82) is 0 Å². The molecule has 3 aromatic rings. The summed E-state index contributed by atoms with van der Waals surface area (Å²) in [6.07, 6.45) is 1.37. The van der Waals surface area contributed by atoms with Crippen LogP contribution in [0.15, 0.2) is 40.8 Å². The summed E-state index contributed by atoms with van der Waals surface area (Å²) < 4.78 is 16.7. The Morgan fingerprint density at radius 1 is 1.21 bits per heavy atom. The molecule has 2 heterocycles. The van der Waals surface area contributed by atoms with Gasteiger partial charge in [0.1, 0.15) is 11.9 Å². The molecule has 1 atom stereocenters. The third-order valence-electron chi connectivity index (χ3n) is 4.91. The van der Waals surface area contributed by atoms with Crippen molar-refractivity contribution in [1.82, 2.24) is 15.1 Å². The Morgan fingerprint density at radius 2 is 2.04 bits per heavy atom. The van der Waals surface area contributed by atoms with Crippen LogP contribution in [0.4, 0.5) is 0 Å². The first-order valence-corrected chi connectivity index (χ1v) is 9.49. The molecule has 7 nitrogen and oxygen atoms in total. The number of nitrogens with zero attached hydrogens (tertiary/aromatic N) is 3. The number of hydrogen-bond acceptors (Lipinski definition) is 6. The van der Waals surface area contributed by atoms with Gasteiger partial charge < -0.3 is 18.8 Å². The molecule has 146 valence electrons. The minimum absolute atomic E-state index is 0.0507.